The van der Waals surface area contributed by atoms with Gasteiger partial charge < -0.3 is 4.74 Å². The zero-order valence-electron chi connectivity index (χ0n) is 11.1. The van der Waals surface area contributed by atoms with Crippen LogP contribution < -0.4 is 9.46 Å². The van der Waals surface area contributed by atoms with Gasteiger partial charge in [-0.3, -0.25) is 4.72 Å². The SMILES string of the molecule is COc1ccc(Br)cc1NS(=O)(=O)c1ccc(C)cc1. The van der Waals surface area contributed by atoms with Gasteiger partial charge in [-0.25, -0.2) is 8.42 Å². The Kier molecular flexibility index (Phi) is 4.35. The maximum absolute atomic E-state index is 12.3. The van der Waals surface area contributed by atoms with E-state index in [1.165, 1.54) is 7.11 Å². The molecule has 0 spiro atoms. The summed E-state index contributed by atoms with van der Waals surface area (Å²) in [5, 5.41) is 0. The monoisotopic (exact) mass is 355 g/mol. The third-order valence-electron chi connectivity index (χ3n) is 2.74. The molecule has 0 saturated heterocycles. The lowest BCUT2D eigenvalue weighted by Gasteiger charge is -2.12. The van der Waals surface area contributed by atoms with Crippen molar-refractivity contribution < 1.29 is 13.2 Å². The summed E-state index contributed by atoms with van der Waals surface area (Å²) in [6.45, 7) is 1.90. The molecule has 0 aliphatic carbocycles. The molecular weight excluding hydrogens is 342 g/mol. The third-order valence-corrected chi connectivity index (χ3v) is 4.61. The van der Waals surface area contributed by atoms with Gasteiger partial charge in [0.2, 0.25) is 0 Å². The topological polar surface area (TPSA) is 55.4 Å². The van der Waals surface area contributed by atoms with E-state index in [1.807, 2.05) is 6.92 Å². The highest BCUT2D eigenvalue weighted by Crippen LogP contribution is 2.29. The number of anilines is 1. The summed E-state index contributed by atoms with van der Waals surface area (Å²) in [6, 6.07) is 11.8. The second kappa shape index (κ2) is 5.85. The molecule has 0 atom stereocenters. The number of ether oxygens (including phenoxy) is 1. The summed E-state index contributed by atoms with van der Waals surface area (Å²) in [4.78, 5) is 0.213. The van der Waals surface area contributed by atoms with Crippen LogP contribution in [0.4, 0.5) is 5.69 Å². The van der Waals surface area contributed by atoms with Gasteiger partial charge in [-0.1, -0.05) is 33.6 Å². The first-order valence-corrected chi connectivity index (χ1v) is 8.13. The number of hydrogen-bond acceptors (Lipinski definition) is 3. The molecule has 2 rings (SSSR count). The van der Waals surface area contributed by atoms with Crippen LogP contribution in [0.5, 0.6) is 5.75 Å². The zero-order valence-corrected chi connectivity index (χ0v) is 13.5. The standard InChI is InChI=1S/C14H14BrNO3S/c1-10-3-6-12(7-4-10)20(17,18)16-13-9-11(15)5-8-14(13)19-2/h3-9,16H,1-2H3. The van der Waals surface area contributed by atoms with E-state index >= 15 is 0 Å². The zero-order chi connectivity index (χ0) is 14.8. The van der Waals surface area contributed by atoms with Crippen LogP contribution in [0.3, 0.4) is 0 Å². The number of rotatable bonds is 4. The van der Waals surface area contributed by atoms with E-state index in [0.29, 0.717) is 11.4 Å². The molecule has 0 saturated carbocycles. The summed E-state index contributed by atoms with van der Waals surface area (Å²) in [6.07, 6.45) is 0. The summed E-state index contributed by atoms with van der Waals surface area (Å²) in [7, 11) is -2.14. The molecule has 1 N–H and O–H groups in total. The smallest absolute Gasteiger partial charge is 0.262 e. The van der Waals surface area contributed by atoms with Gasteiger partial charge >= 0.3 is 0 Å². The van der Waals surface area contributed by atoms with Crippen molar-refractivity contribution in [1.82, 2.24) is 0 Å². The Morgan fingerprint density at radius 3 is 2.35 bits per heavy atom. The Bertz CT molecular complexity index is 712. The van der Waals surface area contributed by atoms with E-state index in [2.05, 4.69) is 20.7 Å². The van der Waals surface area contributed by atoms with Crippen LogP contribution in [0, 0.1) is 6.92 Å². The summed E-state index contributed by atoms with van der Waals surface area (Å²) < 4.78 is 33.1. The molecule has 2 aromatic rings. The molecule has 0 unspecified atom stereocenters. The highest BCUT2D eigenvalue weighted by molar-refractivity contribution is 9.10. The molecule has 0 amide bonds. The molecule has 4 nitrogen and oxygen atoms in total. The van der Waals surface area contributed by atoms with E-state index in [4.69, 9.17) is 4.74 Å². The fourth-order valence-electron chi connectivity index (χ4n) is 1.68. The normalized spacial score (nSPS) is 11.2. The number of sulfonamides is 1. The molecular formula is C14H14BrNO3S. The lowest BCUT2D eigenvalue weighted by molar-refractivity contribution is 0.417. The minimum atomic E-state index is -3.63. The Balaban J connectivity index is 2.37. The Morgan fingerprint density at radius 2 is 1.75 bits per heavy atom. The van der Waals surface area contributed by atoms with Crippen molar-refractivity contribution in [3.05, 3.63) is 52.5 Å². The van der Waals surface area contributed by atoms with Crippen molar-refractivity contribution >= 4 is 31.6 Å². The molecule has 0 heterocycles. The lowest BCUT2D eigenvalue weighted by Crippen LogP contribution is -2.13. The summed E-state index contributed by atoms with van der Waals surface area (Å²) in [5.74, 6) is 0.462. The van der Waals surface area contributed by atoms with Crippen molar-refractivity contribution in [1.29, 1.82) is 0 Å². The van der Waals surface area contributed by atoms with Gasteiger partial charge in [0.1, 0.15) is 5.75 Å². The first-order valence-electron chi connectivity index (χ1n) is 5.85. The van der Waals surface area contributed by atoms with Gasteiger partial charge in [-0.05, 0) is 37.3 Å². The van der Waals surface area contributed by atoms with Gasteiger partial charge in [-0.15, -0.1) is 0 Å². The predicted octanol–water partition coefficient (Wildman–Crippen LogP) is 3.57. The number of aryl methyl sites for hydroxylation is 1. The number of halogens is 1. The van der Waals surface area contributed by atoms with E-state index in [0.717, 1.165) is 10.0 Å². The number of nitrogens with one attached hydrogen (secondary N) is 1. The molecule has 6 heteroatoms. The maximum Gasteiger partial charge on any atom is 0.262 e. The van der Waals surface area contributed by atoms with Crippen molar-refractivity contribution in [3.63, 3.8) is 0 Å². The molecule has 0 radical (unpaired) electrons. The third kappa shape index (κ3) is 3.32. The molecule has 0 aliphatic rings. The second-order valence-corrected chi connectivity index (χ2v) is 6.86. The molecule has 0 bridgehead atoms. The molecule has 0 aliphatic heterocycles. The first kappa shape index (κ1) is 14.9. The van der Waals surface area contributed by atoms with E-state index in [1.54, 1.807) is 42.5 Å². The van der Waals surface area contributed by atoms with Crippen molar-refractivity contribution in [3.8, 4) is 5.75 Å². The van der Waals surface area contributed by atoms with Gasteiger partial charge in [0.05, 0.1) is 17.7 Å². The number of benzene rings is 2. The predicted molar refractivity (Wildman–Crippen MR) is 82.7 cm³/mol. The van der Waals surface area contributed by atoms with Crippen LogP contribution >= 0.6 is 15.9 Å². The highest BCUT2D eigenvalue weighted by atomic mass is 79.9. The lowest BCUT2D eigenvalue weighted by atomic mass is 10.2. The van der Waals surface area contributed by atoms with Crippen LogP contribution in [0.15, 0.2) is 51.8 Å². The molecule has 0 aromatic heterocycles. The van der Waals surface area contributed by atoms with Crippen molar-refractivity contribution in [2.75, 3.05) is 11.8 Å². The Labute approximate surface area is 127 Å². The summed E-state index contributed by atoms with van der Waals surface area (Å²) >= 11 is 3.31. The van der Waals surface area contributed by atoms with Gasteiger partial charge in [0, 0.05) is 4.47 Å². The van der Waals surface area contributed by atoms with Crippen LogP contribution in [-0.2, 0) is 10.0 Å². The molecule has 2 aromatic carbocycles. The van der Waals surface area contributed by atoms with Gasteiger partial charge in [0.25, 0.3) is 10.0 Å². The minimum absolute atomic E-state index is 0.213. The summed E-state index contributed by atoms with van der Waals surface area (Å²) in [5.41, 5.74) is 1.39. The van der Waals surface area contributed by atoms with E-state index in [9.17, 15) is 8.42 Å². The maximum atomic E-state index is 12.3. The average Bonchev–Trinajstić information content (AvgIpc) is 2.39. The largest absolute Gasteiger partial charge is 0.495 e. The van der Waals surface area contributed by atoms with E-state index < -0.39 is 10.0 Å². The quantitative estimate of drug-likeness (QED) is 0.911. The number of methoxy groups -OCH3 is 1. The van der Waals surface area contributed by atoms with Crippen LogP contribution in [-0.4, -0.2) is 15.5 Å². The average molecular weight is 356 g/mol. The molecule has 106 valence electrons. The fraction of sp³-hybridized carbons (Fsp3) is 0.143. The first-order chi connectivity index (χ1) is 9.42. The van der Waals surface area contributed by atoms with Crippen molar-refractivity contribution in [2.45, 2.75) is 11.8 Å². The van der Waals surface area contributed by atoms with Gasteiger partial charge in [0.15, 0.2) is 0 Å². The minimum Gasteiger partial charge on any atom is -0.495 e. The Morgan fingerprint density at radius 1 is 1.10 bits per heavy atom. The van der Waals surface area contributed by atoms with Crippen LogP contribution in [0.25, 0.3) is 0 Å². The van der Waals surface area contributed by atoms with Gasteiger partial charge in [-0.2, -0.15) is 0 Å². The van der Waals surface area contributed by atoms with E-state index in [-0.39, 0.29) is 4.90 Å². The van der Waals surface area contributed by atoms with Crippen LogP contribution in [0.2, 0.25) is 0 Å². The van der Waals surface area contributed by atoms with Crippen LogP contribution in [0.1, 0.15) is 5.56 Å². The molecule has 20 heavy (non-hydrogen) atoms. The highest BCUT2D eigenvalue weighted by Gasteiger charge is 2.16. The second-order valence-electron chi connectivity index (χ2n) is 4.26. The van der Waals surface area contributed by atoms with Crippen molar-refractivity contribution in [2.24, 2.45) is 0 Å². The fourth-order valence-corrected chi connectivity index (χ4v) is 3.10. The molecule has 0 fully saturated rings. The number of hydrogen-bond donors (Lipinski definition) is 1. The Hall–Kier alpha value is -1.53.